The first-order valence-corrected chi connectivity index (χ1v) is 7.06. The van der Waals surface area contributed by atoms with Crippen molar-refractivity contribution in [1.82, 2.24) is 5.64 Å². The summed E-state index contributed by atoms with van der Waals surface area (Å²) in [5.41, 5.74) is -0.589. The smallest absolute Gasteiger partial charge is 0.264 e. The van der Waals surface area contributed by atoms with E-state index in [9.17, 15) is 0 Å². The Morgan fingerprint density at radius 3 is 2.80 bits per heavy atom. The lowest BCUT2D eigenvalue weighted by Crippen LogP contribution is -2.12. The van der Waals surface area contributed by atoms with Gasteiger partial charge in [-0.05, 0) is 25.0 Å². The van der Waals surface area contributed by atoms with E-state index in [4.69, 9.17) is 4.89 Å². The van der Waals surface area contributed by atoms with Crippen molar-refractivity contribution in [3.05, 3.63) is 0 Å². The molecule has 0 rings (SSSR count). The summed E-state index contributed by atoms with van der Waals surface area (Å²) in [4.78, 5) is 13.7. The maximum atomic E-state index is 9.07. The van der Waals surface area contributed by atoms with Gasteiger partial charge in [0.05, 0.1) is 6.61 Å². The van der Waals surface area contributed by atoms with E-state index in [1.165, 1.54) is 0 Å². The van der Waals surface area contributed by atoms with Crippen molar-refractivity contribution in [1.29, 1.82) is 0 Å². The Kier molecular flexibility index (Phi) is 5.95. The van der Waals surface area contributed by atoms with Gasteiger partial charge in [0.25, 0.3) is 5.69 Å². The topological polar surface area (TPSA) is 50.7 Å². The minimum absolute atomic E-state index is 0.462. The SMILES string of the molecule is CCONOP(O)(=S)SC. The molecule has 0 radical (unpaired) electrons. The van der Waals surface area contributed by atoms with Gasteiger partial charge in [0, 0.05) is 0 Å². The molecule has 0 aliphatic carbocycles. The van der Waals surface area contributed by atoms with E-state index < -0.39 is 5.69 Å². The summed E-state index contributed by atoms with van der Waals surface area (Å²) in [6, 6.07) is 0. The molecule has 10 heavy (non-hydrogen) atoms. The normalized spacial score (nSPS) is 16.7. The first kappa shape index (κ1) is 10.8. The fraction of sp³-hybridized carbons (Fsp3) is 1.00. The Balaban J connectivity index is 3.38. The second kappa shape index (κ2) is 5.49. The average Bonchev–Trinajstić information content (AvgIpc) is 1.89. The highest BCUT2D eigenvalue weighted by molar-refractivity contribution is 8.67. The Bertz CT molecular complexity index is 133. The lowest BCUT2D eigenvalue weighted by Gasteiger charge is -2.11. The van der Waals surface area contributed by atoms with E-state index in [1.807, 2.05) is 0 Å². The zero-order valence-electron chi connectivity index (χ0n) is 5.73. The molecular weight excluding hydrogens is 193 g/mol. The number of hydrogen-bond donors (Lipinski definition) is 2. The van der Waals surface area contributed by atoms with E-state index in [2.05, 4.69) is 26.9 Å². The number of nitrogens with one attached hydrogen (secondary N) is 1. The number of rotatable bonds is 5. The van der Waals surface area contributed by atoms with Crippen LogP contribution in [0.3, 0.4) is 0 Å². The van der Waals surface area contributed by atoms with E-state index >= 15 is 0 Å². The fourth-order valence-corrected chi connectivity index (χ4v) is 0.797. The molecule has 0 amide bonds. The van der Waals surface area contributed by atoms with Gasteiger partial charge in [0.1, 0.15) is 0 Å². The van der Waals surface area contributed by atoms with Crippen LogP contribution in [0.15, 0.2) is 0 Å². The Labute approximate surface area is 69.1 Å². The molecule has 4 nitrogen and oxygen atoms in total. The predicted octanol–water partition coefficient (Wildman–Crippen LogP) is 1.04. The second-order valence-corrected chi connectivity index (χ2v) is 7.50. The van der Waals surface area contributed by atoms with Crippen LogP contribution in [0.5, 0.6) is 0 Å². The molecule has 0 saturated heterocycles. The molecule has 0 bridgehead atoms. The van der Waals surface area contributed by atoms with E-state index in [0.29, 0.717) is 6.61 Å². The van der Waals surface area contributed by atoms with Crippen LogP contribution in [0.1, 0.15) is 6.92 Å². The van der Waals surface area contributed by atoms with Gasteiger partial charge in [0.2, 0.25) is 0 Å². The zero-order chi connectivity index (χ0) is 8.04. The molecule has 1 atom stereocenters. The van der Waals surface area contributed by atoms with Gasteiger partial charge in [-0.1, -0.05) is 17.0 Å². The van der Waals surface area contributed by atoms with E-state index in [-0.39, 0.29) is 0 Å². The summed E-state index contributed by atoms with van der Waals surface area (Å²) < 4.78 is 4.59. The van der Waals surface area contributed by atoms with Crippen molar-refractivity contribution in [2.75, 3.05) is 12.9 Å². The van der Waals surface area contributed by atoms with Gasteiger partial charge >= 0.3 is 0 Å². The molecule has 0 aromatic heterocycles. The summed E-state index contributed by atoms with van der Waals surface area (Å²) in [6.07, 6.45) is 1.68. The first-order valence-electron chi connectivity index (χ1n) is 2.56. The molecule has 0 aromatic rings. The van der Waals surface area contributed by atoms with Crippen LogP contribution in [0.25, 0.3) is 0 Å². The molecule has 62 valence electrons. The summed E-state index contributed by atoms with van der Waals surface area (Å²) in [5.74, 6) is 0. The van der Waals surface area contributed by atoms with Crippen molar-refractivity contribution in [3.63, 3.8) is 0 Å². The van der Waals surface area contributed by atoms with Crippen LogP contribution >= 0.6 is 17.1 Å². The third-order valence-corrected chi connectivity index (χ3v) is 4.53. The summed E-state index contributed by atoms with van der Waals surface area (Å²) in [7, 11) is 0. The highest BCUT2D eigenvalue weighted by atomic mass is 32.9. The second-order valence-electron chi connectivity index (χ2n) is 1.26. The molecule has 0 aliphatic rings. The van der Waals surface area contributed by atoms with Crippen molar-refractivity contribution < 1.29 is 14.4 Å². The Hall–Kier alpha value is 0.840. The Morgan fingerprint density at radius 1 is 1.80 bits per heavy atom. The maximum absolute atomic E-state index is 9.07. The van der Waals surface area contributed by atoms with Crippen molar-refractivity contribution >= 4 is 28.9 Å². The van der Waals surface area contributed by atoms with Crippen LogP contribution in [0.2, 0.25) is 0 Å². The Morgan fingerprint density at radius 2 is 2.40 bits per heavy atom. The molecule has 7 heteroatoms. The molecule has 0 saturated carbocycles. The predicted molar refractivity (Wildman–Crippen MR) is 45.9 cm³/mol. The van der Waals surface area contributed by atoms with Gasteiger partial charge in [-0.25, -0.2) is 4.62 Å². The van der Waals surface area contributed by atoms with Crippen molar-refractivity contribution in [2.45, 2.75) is 6.92 Å². The standard InChI is InChI=1S/C3H10NO3PS2/c1-3-6-4-7-8(5,9)10-2/h4H,3H2,1-2H3,(H,5,9). The molecule has 0 fully saturated rings. The molecule has 1 unspecified atom stereocenters. The lowest BCUT2D eigenvalue weighted by molar-refractivity contribution is -0.0988. The molecule has 0 heterocycles. The highest BCUT2D eigenvalue weighted by Crippen LogP contribution is 2.53. The molecule has 0 aliphatic heterocycles. The third kappa shape index (κ3) is 5.61. The van der Waals surface area contributed by atoms with Gasteiger partial charge < -0.3 is 4.89 Å². The quantitative estimate of drug-likeness (QED) is 0.395. The molecular formula is C3H10NO3PS2. The summed E-state index contributed by atoms with van der Waals surface area (Å²) >= 11 is 5.72. The van der Waals surface area contributed by atoms with Crippen LogP contribution in [0, 0.1) is 0 Å². The van der Waals surface area contributed by atoms with Crippen LogP contribution < -0.4 is 5.64 Å². The van der Waals surface area contributed by atoms with Crippen LogP contribution in [-0.4, -0.2) is 17.8 Å². The molecule has 0 aromatic carbocycles. The zero-order valence-corrected chi connectivity index (χ0v) is 8.26. The maximum Gasteiger partial charge on any atom is 0.264 e. The van der Waals surface area contributed by atoms with Crippen LogP contribution in [0.4, 0.5) is 0 Å². The van der Waals surface area contributed by atoms with Crippen molar-refractivity contribution in [2.24, 2.45) is 0 Å². The van der Waals surface area contributed by atoms with Gasteiger partial charge in [0.15, 0.2) is 0 Å². The molecule has 2 N–H and O–H groups in total. The average molecular weight is 203 g/mol. The highest BCUT2D eigenvalue weighted by Gasteiger charge is 2.10. The summed E-state index contributed by atoms with van der Waals surface area (Å²) in [5, 5.41) is 0. The lowest BCUT2D eigenvalue weighted by atomic mass is 10.9. The largest absolute Gasteiger partial charge is 0.336 e. The third-order valence-electron chi connectivity index (χ3n) is 0.587. The van der Waals surface area contributed by atoms with E-state index in [1.54, 1.807) is 13.2 Å². The molecule has 0 spiro atoms. The number of hydrogen-bond acceptors (Lipinski definition) is 5. The minimum Gasteiger partial charge on any atom is -0.336 e. The minimum atomic E-state index is -2.69. The van der Waals surface area contributed by atoms with Crippen LogP contribution in [-0.2, 0) is 21.3 Å². The monoisotopic (exact) mass is 203 g/mol. The first-order chi connectivity index (χ1) is 4.62. The van der Waals surface area contributed by atoms with Crippen molar-refractivity contribution in [3.8, 4) is 0 Å². The van der Waals surface area contributed by atoms with Gasteiger partial charge in [-0.2, -0.15) is 0 Å². The van der Waals surface area contributed by atoms with Gasteiger partial charge in [-0.3, -0.25) is 4.84 Å². The summed E-state index contributed by atoms with van der Waals surface area (Å²) in [6.45, 7) is 2.25. The van der Waals surface area contributed by atoms with Gasteiger partial charge in [-0.15, -0.1) is 0 Å². The fourth-order valence-electron chi connectivity index (χ4n) is 0.170. The van der Waals surface area contributed by atoms with E-state index in [0.717, 1.165) is 11.4 Å².